The van der Waals surface area contributed by atoms with E-state index in [-0.39, 0.29) is 27.5 Å². The minimum Gasteiger partial charge on any atom is -0.484 e. The van der Waals surface area contributed by atoms with Gasteiger partial charge in [0, 0.05) is 11.7 Å². The zero-order valence-corrected chi connectivity index (χ0v) is 21.2. The second kappa shape index (κ2) is 12.2. The molecular formula is C26H26N2O8S. The first-order chi connectivity index (χ1) is 17.6. The van der Waals surface area contributed by atoms with Gasteiger partial charge in [0.2, 0.25) is 10.0 Å². The molecule has 1 atom stereocenters. The fourth-order valence-corrected chi connectivity index (χ4v) is 4.57. The van der Waals surface area contributed by atoms with Crippen LogP contribution in [-0.4, -0.2) is 47.1 Å². The molecule has 194 valence electrons. The third kappa shape index (κ3) is 7.38. The second-order valence-electron chi connectivity index (χ2n) is 7.84. The predicted molar refractivity (Wildman–Crippen MR) is 135 cm³/mol. The third-order valence-corrected chi connectivity index (χ3v) is 6.75. The Balaban J connectivity index is 1.62. The van der Waals surface area contributed by atoms with Crippen molar-refractivity contribution in [2.75, 3.05) is 26.1 Å². The van der Waals surface area contributed by atoms with Crippen LogP contribution in [0.25, 0.3) is 0 Å². The van der Waals surface area contributed by atoms with Crippen LogP contribution in [0, 0.1) is 0 Å². The number of anilines is 1. The average molecular weight is 527 g/mol. The highest BCUT2D eigenvalue weighted by Gasteiger charge is 2.19. The Kier molecular flexibility index (Phi) is 8.99. The molecular weight excluding hydrogens is 500 g/mol. The number of nitrogens with one attached hydrogen (secondary N) is 2. The van der Waals surface area contributed by atoms with E-state index in [2.05, 4.69) is 19.5 Å². The van der Waals surface area contributed by atoms with Crippen molar-refractivity contribution in [1.29, 1.82) is 0 Å². The molecule has 3 rings (SSSR count). The van der Waals surface area contributed by atoms with Crippen molar-refractivity contribution in [3.05, 3.63) is 89.5 Å². The first-order valence-electron chi connectivity index (χ1n) is 11.0. The van der Waals surface area contributed by atoms with E-state index in [1.807, 2.05) is 30.3 Å². The van der Waals surface area contributed by atoms with E-state index in [1.165, 1.54) is 56.7 Å². The molecule has 0 aromatic heterocycles. The Bertz CT molecular complexity index is 1340. The smallest absolute Gasteiger partial charge is 0.337 e. The number of ether oxygens (including phenoxy) is 3. The maximum Gasteiger partial charge on any atom is 0.337 e. The van der Waals surface area contributed by atoms with Crippen LogP contribution < -0.4 is 14.8 Å². The highest BCUT2D eigenvalue weighted by atomic mass is 32.2. The Morgan fingerprint density at radius 1 is 0.838 bits per heavy atom. The van der Waals surface area contributed by atoms with Gasteiger partial charge in [-0.25, -0.2) is 22.7 Å². The Morgan fingerprint density at radius 3 is 1.95 bits per heavy atom. The molecule has 0 aliphatic rings. The van der Waals surface area contributed by atoms with Gasteiger partial charge in [-0.15, -0.1) is 0 Å². The number of rotatable bonds is 10. The Morgan fingerprint density at radius 2 is 1.41 bits per heavy atom. The lowest BCUT2D eigenvalue weighted by atomic mass is 10.1. The molecule has 0 heterocycles. The van der Waals surface area contributed by atoms with Crippen LogP contribution >= 0.6 is 0 Å². The maximum atomic E-state index is 12.7. The van der Waals surface area contributed by atoms with E-state index in [9.17, 15) is 22.8 Å². The van der Waals surface area contributed by atoms with Gasteiger partial charge in [0.05, 0.1) is 30.2 Å². The molecule has 3 aromatic rings. The molecule has 0 aliphatic heterocycles. The molecule has 0 spiro atoms. The van der Waals surface area contributed by atoms with Crippen molar-refractivity contribution in [3.63, 3.8) is 0 Å². The number of carbonyl (C=O) groups is 3. The molecule has 0 saturated carbocycles. The van der Waals surface area contributed by atoms with Crippen molar-refractivity contribution in [3.8, 4) is 5.75 Å². The van der Waals surface area contributed by atoms with Gasteiger partial charge in [0.1, 0.15) is 5.75 Å². The van der Waals surface area contributed by atoms with E-state index in [0.29, 0.717) is 0 Å². The summed E-state index contributed by atoms with van der Waals surface area (Å²) < 4.78 is 42.8. The summed E-state index contributed by atoms with van der Waals surface area (Å²) in [5.41, 5.74) is 1.09. The minimum atomic E-state index is -3.78. The summed E-state index contributed by atoms with van der Waals surface area (Å²) in [6.07, 6.45) is 0. The van der Waals surface area contributed by atoms with E-state index >= 15 is 0 Å². The molecule has 1 amide bonds. The van der Waals surface area contributed by atoms with Gasteiger partial charge in [-0.3, -0.25) is 4.79 Å². The molecule has 3 aromatic carbocycles. The van der Waals surface area contributed by atoms with Gasteiger partial charge in [0.15, 0.2) is 6.61 Å². The number of hydrogen-bond acceptors (Lipinski definition) is 8. The maximum absolute atomic E-state index is 12.7. The summed E-state index contributed by atoms with van der Waals surface area (Å²) in [6.45, 7) is 1.34. The van der Waals surface area contributed by atoms with E-state index in [0.717, 1.165) is 5.56 Å². The van der Waals surface area contributed by atoms with E-state index < -0.39 is 40.5 Å². The van der Waals surface area contributed by atoms with Gasteiger partial charge in [0.25, 0.3) is 5.91 Å². The van der Waals surface area contributed by atoms with Crippen molar-refractivity contribution >= 4 is 33.6 Å². The first-order valence-corrected chi connectivity index (χ1v) is 12.5. The average Bonchev–Trinajstić information content (AvgIpc) is 2.91. The lowest BCUT2D eigenvalue weighted by Gasteiger charge is -2.15. The number of sulfonamides is 1. The number of esters is 2. The molecule has 10 nitrogen and oxygen atoms in total. The fraction of sp³-hybridized carbons (Fsp3) is 0.192. The SMILES string of the molecule is COC(=O)c1cc(NC(=O)COc2ccc(S(=O)(=O)N[C@H](C)c3ccccc3)cc2)cc(C(=O)OC)c1. The van der Waals surface area contributed by atoms with Gasteiger partial charge < -0.3 is 19.5 Å². The largest absolute Gasteiger partial charge is 0.484 e. The number of carbonyl (C=O) groups excluding carboxylic acids is 3. The molecule has 11 heteroatoms. The van der Waals surface area contributed by atoms with Crippen LogP contribution in [0.1, 0.15) is 39.2 Å². The van der Waals surface area contributed by atoms with Crippen LogP contribution in [0.2, 0.25) is 0 Å². The molecule has 0 unspecified atom stereocenters. The van der Waals surface area contributed by atoms with E-state index in [4.69, 9.17) is 4.74 Å². The van der Waals surface area contributed by atoms with Crippen molar-refractivity contribution in [2.45, 2.75) is 17.9 Å². The van der Waals surface area contributed by atoms with E-state index in [1.54, 1.807) is 6.92 Å². The Labute approximate surface area is 214 Å². The van der Waals surface area contributed by atoms with Crippen LogP contribution in [0.5, 0.6) is 5.75 Å². The number of benzene rings is 3. The molecule has 0 aliphatic carbocycles. The summed E-state index contributed by atoms with van der Waals surface area (Å²) in [4.78, 5) is 36.2. The lowest BCUT2D eigenvalue weighted by Crippen LogP contribution is -2.26. The quantitative estimate of drug-likeness (QED) is 0.384. The lowest BCUT2D eigenvalue weighted by molar-refractivity contribution is -0.118. The number of hydrogen-bond donors (Lipinski definition) is 2. The van der Waals surface area contributed by atoms with Crippen LogP contribution in [0.15, 0.2) is 77.7 Å². The number of methoxy groups -OCH3 is 2. The van der Waals surface area contributed by atoms with Crippen LogP contribution in [0.3, 0.4) is 0 Å². The van der Waals surface area contributed by atoms with Gasteiger partial charge >= 0.3 is 11.9 Å². The standard InChI is InChI=1S/C26H26N2O8S/c1-17(18-7-5-4-6-8-18)28-37(32,33)23-11-9-22(10-12-23)36-16-24(29)27-21-14-19(25(30)34-2)13-20(15-21)26(31)35-3/h4-15,17,28H,16H2,1-3H3,(H,27,29)/t17-/m1/s1. The van der Waals surface area contributed by atoms with Gasteiger partial charge in [-0.2, -0.15) is 0 Å². The van der Waals surface area contributed by atoms with Crippen LogP contribution in [0.4, 0.5) is 5.69 Å². The van der Waals surface area contributed by atoms with Crippen molar-refractivity contribution in [1.82, 2.24) is 4.72 Å². The summed E-state index contributed by atoms with van der Waals surface area (Å²) in [5, 5.41) is 2.54. The van der Waals surface area contributed by atoms with Gasteiger partial charge in [-0.05, 0) is 55.0 Å². The first kappa shape index (κ1) is 27.4. The molecule has 0 bridgehead atoms. The Hall–Kier alpha value is -4.22. The minimum absolute atomic E-state index is 0.0436. The van der Waals surface area contributed by atoms with Crippen LogP contribution in [-0.2, 0) is 24.3 Å². The fourth-order valence-electron chi connectivity index (χ4n) is 3.34. The molecule has 2 N–H and O–H groups in total. The molecule has 0 radical (unpaired) electrons. The highest BCUT2D eigenvalue weighted by Crippen LogP contribution is 2.20. The van der Waals surface area contributed by atoms with Crippen molar-refractivity contribution in [2.24, 2.45) is 0 Å². The highest BCUT2D eigenvalue weighted by molar-refractivity contribution is 7.89. The summed E-state index contributed by atoms with van der Waals surface area (Å²) in [6, 6.07) is 18.3. The second-order valence-corrected chi connectivity index (χ2v) is 9.56. The number of amides is 1. The summed E-state index contributed by atoms with van der Waals surface area (Å²) in [7, 11) is -1.40. The zero-order chi connectivity index (χ0) is 27.0. The van der Waals surface area contributed by atoms with Crippen molar-refractivity contribution < 1.29 is 37.0 Å². The third-order valence-electron chi connectivity index (χ3n) is 5.19. The topological polar surface area (TPSA) is 137 Å². The summed E-state index contributed by atoms with van der Waals surface area (Å²) in [5.74, 6) is -1.70. The normalized spacial score (nSPS) is 11.8. The van der Waals surface area contributed by atoms with Gasteiger partial charge in [-0.1, -0.05) is 30.3 Å². The predicted octanol–water partition coefficient (Wildman–Crippen LogP) is 3.32. The molecule has 0 saturated heterocycles. The monoisotopic (exact) mass is 526 g/mol. The zero-order valence-electron chi connectivity index (χ0n) is 20.4. The molecule has 0 fully saturated rings. The molecule has 37 heavy (non-hydrogen) atoms. The summed E-state index contributed by atoms with van der Waals surface area (Å²) >= 11 is 0.